The summed E-state index contributed by atoms with van der Waals surface area (Å²) in [6, 6.07) is 0. The van der Waals surface area contributed by atoms with E-state index in [1.54, 1.807) is 0 Å². The Hall–Kier alpha value is -0.0400. The maximum atomic E-state index is 10.5. The zero-order valence-electron chi connectivity index (χ0n) is 5.24. The molecule has 1 spiro atoms. The second kappa shape index (κ2) is 0.971. The van der Waals surface area contributed by atoms with E-state index in [-0.39, 0.29) is 12.0 Å². The van der Waals surface area contributed by atoms with Crippen molar-refractivity contribution in [3.8, 4) is 0 Å². The summed E-state index contributed by atoms with van der Waals surface area (Å²) in [4.78, 5) is 0. The lowest BCUT2D eigenvalue weighted by Gasteiger charge is -1.99. The van der Waals surface area contributed by atoms with E-state index in [1.165, 1.54) is 19.3 Å². The first-order valence-electron chi connectivity index (χ1n) is 3.31. The minimum atomic E-state index is 0.160. The highest BCUT2D eigenvalue weighted by molar-refractivity contribution is 5.19. The lowest BCUT2D eigenvalue weighted by atomic mass is 10.1. The second-order valence-corrected chi connectivity index (χ2v) is 3.66. The fourth-order valence-corrected chi connectivity index (χ4v) is 1.84. The van der Waals surface area contributed by atoms with Gasteiger partial charge in [0.05, 0.1) is 6.61 Å². The van der Waals surface area contributed by atoms with Crippen LogP contribution in [0.3, 0.4) is 0 Å². The van der Waals surface area contributed by atoms with Gasteiger partial charge in [-0.1, -0.05) is 6.92 Å². The van der Waals surface area contributed by atoms with E-state index in [2.05, 4.69) is 6.92 Å². The van der Waals surface area contributed by atoms with Crippen molar-refractivity contribution < 1.29 is 5.11 Å². The first-order valence-corrected chi connectivity index (χ1v) is 3.31. The van der Waals surface area contributed by atoms with E-state index in [9.17, 15) is 5.11 Å². The quantitative estimate of drug-likeness (QED) is 0.490. The third-order valence-corrected chi connectivity index (χ3v) is 3.06. The molecule has 2 aliphatic rings. The molecule has 0 aliphatic heterocycles. The maximum Gasteiger partial charge on any atom is 0.0881 e. The van der Waals surface area contributed by atoms with Gasteiger partial charge in [0.15, 0.2) is 0 Å². The summed E-state index contributed by atoms with van der Waals surface area (Å²) in [5, 5.41) is 10.5. The zero-order valence-corrected chi connectivity index (χ0v) is 5.24. The third kappa shape index (κ3) is 0.334. The molecule has 0 N–H and O–H groups in total. The van der Waals surface area contributed by atoms with Gasteiger partial charge < -0.3 is 0 Å². The molecule has 0 aromatic rings. The van der Waals surface area contributed by atoms with Crippen molar-refractivity contribution in [3.63, 3.8) is 0 Å². The van der Waals surface area contributed by atoms with Gasteiger partial charge in [-0.3, -0.25) is 0 Å². The number of rotatable bonds is 1. The van der Waals surface area contributed by atoms with Gasteiger partial charge in [0.2, 0.25) is 0 Å². The molecule has 1 atom stereocenters. The summed E-state index contributed by atoms with van der Waals surface area (Å²) in [6.07, 6.45) is 3.90. The molecule has 0 saturated heterocycles. The average molecular weight is 111 g/mol. The molecule has 0 amide bonds. The van der Waals surface area contributed by atoms with E-state index >= 15 is 0 Å². The molecule has 0 aromatic heterocycles. The van der Waals surface area contributed by atoms with Crippen LogP contribution in [-0.2, 0) is 5.11 Å². The molecule has 0 bridgehead atoms. The predicted molar refractivity (Wildman–Crippen MR) is 29.9 cm³/mol. The molecule has 2 saturated carbocycles. The van der Waals surface area contributed by atoms with Crippen molar-refractivity contribution in [2.75, 3.05) is 6.61 Å². The van der Waals surface area contributed by atoms with Crippen molar-refractivity contribution >= 4 is 0 Å². The Morgan fingerprint density at radius 3 is 2.25 bits per heavy atom. The van der Waals surface area contributed by atoms with Crippen LogP contribution in [-0.4, -0.2) is 6.61 Å². The normalized spacial score (nSPS) is 47.2. The van der Waals surface area contributed by atoms with Gasteiger partial charge in [-0.2, -0.15) is 0 Å². The molecule has 2 fully saturated rings. The summed E-state index contributed by atoms with van der Waals surface area (Å²) in [6.45, 7) is 2.29. The Bertz CT molecular complexity index is 126. The van der Waals surface area contributed by atoms with Gasteiger partial charge >= 0.3 is 0 Å². The first-order chi connectivity index (χ1) is 3.72. The van der Waals surface area contributed by atoms with E-state index in [0.717, 1.165) is 0 Å². The molecule has 1 heteroatoms. The summed E-state index contributed by atoms with van der Waals surface area (Å²) in [7, 11) is 0. The molecule has 2 rings (SSSR count). The molecular weight excluding hydrogens is 100 g/mol. The monoisotopic (exact) mass is 111 g/mol. The molecule has 8 heavy (non-hydrogen) atoms. The van der Waals surface area contributed by atoms with Crippen LogP contribution in [0.1, 0.15) is 26.2 Å². The summed E-state index contributed by atoms with van der Waals surface area (Å²) in [5.41, 5.74) is 0.835. The van der Waals surface area contributed by atoms with Crippen molar-refractivity contribution in [1.29, 1.82) is 0 Å². The van der Waals surface area contributed by atoms with Crippen LogP contribution in [0.2, 0.25) is 0 Å². The fraction of sp³-hybridized carbons (Fsp3) is 1.00. The third-order valence-electron chi connectivity index (χ3n) is 3.06. The highest BCUT2D eigenvalue weighted by Gasteiger charge is 2.70. The molecule has 1 radical (unpaired) electrons. The minimum Gasteiger partial charge on any atom is -0.236 e. The van der Waals surface area contributed by atoms with Crippen LogP contribution in [0.4, 0.5) is 0 Å². The van der Waals surface area contributed by atoms with Gasteiger partial charge in [0, 0.05) is 5.41 Å². The molecule has 45 valence electrons. The predicted octanol–water partition coefficient (Wildman–Crippen LogP) is 1.61. The minimum absolute atomic E-state index is 0.160. The van der Waals surface area contributed by atoms with Crippen LogP contribution in [0.5, 0.6) is 0 Å². The average Bonchev–Trinajstić information content (AvgIpc) is 2.57. The standard InChI is InChI=1S/C7H11O/c1-6(5-8)4-7(6)2-3-7/h2-5H2,1H3. The molecule has 0 aromatic carbocycles. The summed E-state index contributed by atoms with van der Waals surface area (Å²) in [5.74, 6) is 0. The van der Waals surface area contributed by atoms with E-state index in [1.807, 2.05) is 0 Å². The van der Waals surface area contributed by atoms with Crippen molar-refractivity contribution in [2.24, 2.45) is 10.8 Å². The van der Waals surface area contributed by atoms with Gasteiger partial charge in [-0.25, -0.2) is 5.11 Å². The smallest absolute Gasteiger partial charge is 0.0881 e. The lowest BCUT2D eigenvalue weighted by Crippen LogP contribution is -2.02. The van der Waals surface area contributed by atoms with Crippen LogP contribution >= 0.6 is 0 Å². The van der Waals surface area contributed by atoms with Gasteiger partial charge in [-0.05, 0) is 24.7 Å². The van der Waals surface area contributed by atoms with Gasteiger partial charge in [0.1, 0.15) is 0 Å². The lowest BCUT2D eigenvalue weighted by molar-refractivity contribution is 0.129. The molecule has 1 nitrogen and oxygen atoms in total. The van der Waals surface area contributed by atoms with E-state index < -0.39 is 0 Å². The summed E-state index contributed by atoms with van der Waals surface area (Å²) < 4.78 is 0. The Labute approximate surface area is 49.7 Å². The number of hydrogen-bond donors (Lipinski definition) is 0. The van der Waals surface area contributed by atoms with Crippen molar-refractivity contribution in [2.45, 2.75) is 26.2 Å². The SMILES string of the molecule is CC1(C[O])CC12CC2. The topological polar surface area (TPSA) is 19.9 Å². The Morgan fingerprint density at radius 2 is 2.12 bits per heavy atom. The van der Waals surface area contributed by atoms with Crippen molar-refractivity contribution in [1.82, 2.24) is 0 Å². The second-order valence-electron chi connectivity index (χ2n) is 3.66. The van der Waals surface area contributed by atoms with Gasteiger partial charge in [0.25, 0.3) is 0 Å². The Kier molecular flexibility index (Phi) is 0.583. The highest BCUT2D eigenvalue weighted by atomic mass is 16.3. The molecule has 2 aliphatic carbocycles. The van der Waals surface area contributed by atoms with Crippen LogP contribution in [0.15, 0.2) is 0 Å². The van der Waals surface area contributed by atoms with Crippen molar-refractivity contribution in [3.05, 3.63) is 0 Å². The highest BCUT2D eigenvalue weighted by Crippen LogP contribution is 2.78. The Morgan fingerprint density at radius 1 is 1.50 bits per heavy atom. The van der Waals surface area contributed by atoms with Crippen LogP contribution in [0, 0.1) is 10.8 Å². The van der Waals surface area contributed by atoms with E-state index in [0.29, 0.717) is 5.41 Å². The van der Waals surface area contributed by atoms with E-state index in [4.69, 9.17) is 0 Å². The summed E-state index contributed by atoms with van der Waals surface area (Å²) >= 11 is 0. The van der Waals surface area contributed by atoms with Crippen LogP contribution < -0.4 is 0 Å². The largest absolute Gasteiger partial charge is 0.236 e. The Balaban J connectivity index is 2.11. The molecule has 0 heterocycles. The molecule has 1 unspecified atom stereocenters. The van der Waals surface area contributed by atoms with Gasteiger partial charge in [-0.15, -0.1) is 0 Å². The maximum absolute atomic E-state index is 10.5. The fourth-order valence-electron chi connectivity index (χ4n) is 1.84. The first kappa shape index (κ1) is 4.80. The number of hydrogen-bond acceptors (Lipinski definition) is 0. The molecular formula is C7H11O. The zero-order chi connectivity index (χ0) is 5.83. The van der Waals surface area contributed by atoms with Crippen LogP contribution in [0.25, 0.3) is 0 Å².